The highest BCUT2D eigenvalue weighted by molar-refractivity contribution is 7.13. The Bertz CT molecular complexity index is 648. The van der Waals surface area contributed by atoms with E-state index in [2.05, 4.69) is 27.8 Å². The lowest BCUT2D eigenvalue weighted by atomic mass is 10.1. The molecule has 1 aromatic carbocycles. The molecule has 122 valence electrons. The number of amides is 1. The molecular weight excluding hydrogens is 306 g/mol. The number of aryl methyl sites for hydroxylation is 1. The van der Waals surface area contributed by atoms with Crippen LogP contribution in [0.2, 0.25) is 0 Å². The third-order valence-electron chi connectivity index (χ3n) is 4.25. The topological polar surface area (TPSA) is 54.0 Å². The summed E-state index contributed by atoms with van der Waals surface area (Å²) in [6.07, 6.45) is 3.05. The van der Waals surface area contributed by atoms with Crippen LogP contribution in [0.15, 0.2) is 30.3 Å². The SMILES string of the molecule is Cc1nc(Cc2ccccc2)sc1C(=O)NCCC1CCNC1. The van der Waals surface area contributed by atoms with Crippen LogP contribution in [0.5, 0.6) is 0 Å². The van der Waals surface area contributed by atoms with Crippen LogP contribution in [0.3, 0.4) is 0 Å². The molecule has 1 amide bonds. The zero-order valence-corrected chi connectivity index (χ0v) is 14.3. The van der Waals surface area contributed by atoms with Gasteiger partial charge in [-0.2, -0.15) is 0 Å². The Labute approximate surface area is 141 Å². The Kier molecular flexibility index (Phi) is 5.41. The van der Waals surface area contributed by atoms with Crippen molar-refractivity contribution in [2.45, 2.75) is 26.2 Å². The molecule has 1 aromatic heterocycles. The van der Waals surface area contributed by atoms with E-state index in [1.54, 1.807) is 0 Å². The van der Waals surface area contributed by atoms with Gasteiger partial charge in [0.25, 0.3) is 5.91 Å². The molecule has 0 radical (unpaired) electrons. The second kappa shape index (κ2) is 7.70. The van der Waals surface area contributed by atoms with Crippen LogP contribution in [-0.4, -0.2) is 30.5 Å². The number of thiazole rings is 1. The van der Waals surface area contributed by atoms with Gasteiger partial charge < -0.3 is 10.6 Å². The maximum atomic E-state index is 12.3. The molecule has 3 rings (SSSR count). The van der Waals surface area contributed by atoms with Gasteiger partial charge in [-0.25, -0.2) is 4.98 Å². The van der Waals surface area contributed by atoms with Crippen molar-refractivity contribution >= 4 is 17.2 Å². The molecule has 23 heavy (non-hydrogen) atoms. The van der Waals surface area contributed by atoms with Crippen molar-refractivity contribution in [3.8, 4) is 0 Å². The molecule has 1 unspecified atom stereocenters. The number of aromatic nitrogens is 1. The van der Waals surface area contributed by atoms with Crippen molar-refractivity contribution in [3.05, 3.63) is 51.5 Å². The van der Waals surface area contributed by atoms with Gasteiger partial charge in [-0.15, -0.1) is 11.3 Å². The lowest BCUT2D eigenvalue weighted by Gasteiger charge is -2.08. The molecule has 1 aliphatic rings. The van der Waals surface area contributed by atoms with Gasteiger partial charge in [0.15, 0.2) is 0 Å². The first kappa shape index (κ1) is 16.1. The summed E-state index contributed by atoms with van der Waals surface area (Å²) in [5.41, 5.74) is 2.06. The lowest BCUT2D eigenvalue weighted by molar-refractivity contribution is 0.0955. The average Bonchev–Trinajstić information content (AvgIpc) is 3.18. The van der Waals surface area contributed by atoms with Gasteiger partial charge in [0.2, 0.25) is 0 Å². The third-order valence-corrected chi connectivity index (χ3v) is 5.40. The maximum Gasteiger partial charge on any atom is 0.263 e. The Hall–Kier alpha value is -1.72. The third kappa shape index (κ3) is 4.39. The lowest BCUT2D eigenvalue weighted by Crippen LogP contribution is -2.26. The minimum absolute atomic E-state index is 0.0188. The van der Waals surface area contributed by atoms with Gasteiger partial charge in [0.1, 0.15) is 4.88 Å². The smallest absolute Gasteiger partial charge is 0.263 e. The van der Waals surface area contributed by atoms with Crippen LogP contribution >= 0.6 is 11.3 Å². The van der Waals surface area contributed by atoms with E-state index in [0.717, 1.165) is 48.1 Å². The number of nitrogens with one attached hydrogen (secondary N) is 2. The van der Waals surface area contributed by atoms with Crippen LogP contribution in [0.4, 0.5) is 0 Å². The quantitative estimate of drug-likeness (QED) is 0.857. The van der Waals surface area contributed by atoms with E-state index in [0.29, 0.717) is 5.92 Å². The molecule has 5 heteroatoms. The number of benzene rings is 1. The Morgan fingerprint density at radius 3 is 2.96 bits per heavy atom. The summed E-state index contributed by atoms with van der Waals surface area (Å²) >= 11 is 1.51. The van der Waals surface area contributed by atoms with Crippen LogP contribution in [0.25, 0.3) is 0 Å². The summed E-state index contributed by atoms with van der Waals surface area (Å²) in [6.45, 7) is 4.85. The highest BCUT2D eigenvalue weighted by Crippen LogP contribution is 2.21. The van der Waals surface area contributed by atoms with Gasteiger partial charge in [-0.3, -0.25) is 4.79 Å². The molecule has 0 saturated carbocycles. The fraction of sp³-hybridized carbons (Fsp3) is 0.444. The molecule has 1 aliphatic heterocycles. The highest BCUT2D eigenvalue weighted by atomic mass is 32.1. The van der Waals surface area contributed by atoms with Crippen molar-refractivity contribution in [1.29, 1.82) is 0 Å². The first-order chi connectivity index (χ1) is 11.2. The van der Waals surface area contributed by atoms with Crippen molar-refractivity contribution in [2.75, 3.05) is 19.6 Å². The molecule has 4 nitrogen and oxygen atoms in total. The maximum absolute atomic E-state index is 12.3. The molecule has 0 bridgehead atoms. The molecule has 2 aromatic rings. The van der Waals surface area contributed by atoms with Crippen molar-refractivity contribution in [1.82, 2.24) is 15.6 Å². The Morgan fingerprint density at radius 2 is 2.22 bits per heavy atom. The molecule has 1 atom stereocenters. The fourth-order valence-electron chi connectivity index (χ4n) is 2.94. The van der Waals surface area contributed by atoms with Gasteiger partial charge in [-0.1, -0.05) is 30.3 Å². The molecule has 0 aliphatic carbocycles. The summed E-state index contributed by atoms with van der Waals surface area (Å²) in [4.78, 5) is 17.7. The first-order valence-electron chi connectivity index (χ1n) is 8.21. The number of nitrogens with zero attached hydrogens (tertiary/aromatic N) is 1. The minimum atomic E-state index is 0.0188. The zero-order chi connectivity index (χ0) is 16.1. The Balaban J connectivity index is 1.55. The molecule has 1 fully saturated rings. The fourth-order valence-corrected chi connectivity index (χ4v) is 3.96. The molecule has 2 N–H and O–H groups in total. The van der Waals surface area contributed by atoms with E-state index in [1.165, 1.54) is 23.3 Å². The second-order valence-electron chi connectivity index (χ2n) is 6.09. The minimum Gasteiger partial charge on any atom is -0.351 e. The van der Waals surface area contributed by atoms with Gasteiger partial charge in [0.05, 0.1) is 10.7 Å². The average molecular weight is 329 g/mol. The monoisotopic (exact) mass is 329 g/mol. The summed E-state index contributed by atoms with van der Waals surface area (Å²) in [7, 11) is 0. The molecule has 1 saturated heterocycles. The molecule has 0 spiro atoms. The summed E-state index contributed by atoms with van der Waals surface area (Å²) in [5.74, 6) is 0.719. The summed E-state index contributed by atoms with van der Waals surface area (Å²) in [5, 5.41) is 7.40. The van der Waals surface area contributed by atoms with E-state index < -0.39 is 0 Å². The first-order valence-corrected chi connectivity index (χ1v) is 9.03. The highest BCUT2D eigenvalue weighted by Gasteiger charge is 2.17. The second-order valence-corrected chi connectivity index (χ2v) is 7.17. The van der Waals surface area contributed by atoms with E-state index in [4.69, 9.17) is 0 Å². The van der Waals surface area contributed by atoms with Crippen molar-refractivity contribution < 1.29 is 4.79 Å². The number of hydrogen-bond acceptors (Lipinski definition) is 4. The number of carbonyl (C=O) groups excluding carboxylic acids is 1. The van der Waals surface area contributed by atoms with Gasteiger partial charge in [0, 0.05) is 13.0 Å². The van der Waals surface area contributed by atoms with E-state index in [1.807, 2.05) is 25.1 Å². The van der Waals surface area contributed by atoms with Crippen LogP contribution in [0.1, 0.15) is 38.8 Å². The molecular formula is C18H23N3OS. The predicted octanol–water partition coefficient (Wildman–Crippen LogP) is 2.77. The number of hydrogen-bond donors (Lipinski definition) is 2. The molecule has 2 heterocycles. The van der Waals surface area contributed by atoms with Crippen LogP contribution < -0.4 is 10.6 Å². The van der Waals surface area contributed by atoms with E-state index >= 15 is 0 Å². The Morgan fingerprint density at radius 1 is 1.39 bits per heavy atom. The van der Waals surface area contributed by atoms with Crippen LogP contribution in [0, 0.1) is 12.8 Å². The summed E-state index contributed by atoms with van der Waals surface area (Å²) in [6, 6.07) is 10.2. The predicted molar refractivity (Wildman–Crippen MR) is 94.0 cm³/mol. The standard InChI is InChI=1S/C18H23N3OS/c1-13-17(18(22)20-10-8-15-7-9-19-12-15)23-16(21-13)11-14-5-3-2-4-6-14/h2-6,15,19H,7-12H2,1H3,(H,20,22). The van der Waals surface area contributed by atoms with Crippen LogP contribution in [-0.2, 0) is 6.42 Å². The normalized spacial score (nSPS) is 17.3. The number of rotatable bonds is 6. The number of carbonyl (C=O) groups is 1. The zero-order valence-electron chi connectivity index (χ0n) is 13.5. The van der Waals surface area contributed by atoms with Gasteiger partial charge >= 0.3 is 0 Å². The van der Waals surface area contributed by atoms with Gasteiger partial charge in [-0.05, 0) is 44.3 Å². The van der Waals surface area contributed by atoms with E-state index in [9.17, 15) is 4.79 Å². The summed E-state index contributed by atoms with van der Waals surface area (Å²) < 4.78 is 0. The largest absolute Gasteiger partial charge is 0.351 e. The van der Waals surface area contributed by atoms with E-state index in [-0.39, 0.29) is 5.91 Å². The van der Waals surface area contributed by atoms with Crippen molar-refractivity contribution in [3.63, 3.8) is 0 Å². The van der Waals surface area contributed by atoms with Crippen molar-refractivity contribution in [2.24, 2.45) is 5.92 Å².